The zero-order valence-corrected chi connectivity index (χ0v) is 12.2. The quantitative estimate of drug-likeness (QED) is 0.940. The number of oxime groups is 1. The molecule has 1 unspecified atom stereocenters. The van der Waals surface area contributed by atoms with E-state index in [1.54, 1.807) is 36.4 Å². The molecule has 1 amide bonds. The van der Waals surface area contributed by atoms with E-state index in [2.05, 4.69) is 10.5 Å². The number of benzene rings is 2. The van der Waals surface area contributed by atoms with Gasteiger partial charge in [0.1, 0.15) is 5.82 Å². The second-order valence-electron chi connectivity index (χ2n) is 4.84. The van der Waals surface area contributed by atoms with E-state index in [9.17, 15) is 9.18 Å². The number of nitrogens with zero attached hydrogens (tertiary/aromatic N) is 1. The zero-order valence-electron chi connectivity index (χ0n) is 11.4. The predicted octanol–water partition coefficient (Wildman–Crippen LogP) is 3.61. The molecule has 0 aromatic heterocycles. The minimum Gasteiger partial charge on any atom is -0.382 e. The number of halogens is 2. The first kappa shape index (κ1) is 14.5. The smallest absolute Gasteiger partial charge is 0.268 e. The van der Waals surface area contributed by atoms with E-state index in [0.29, 0.717) is 22.8 Å². The Kier molecular flexibility index (Phi) is 4.06. The van der Waals surface area contributed by atoms with Crippen LogP contribution >= 0.6 is 11.6 Å². The van der Waals surface area contributed by atoms with Crippen LogP contribution in [-0.4, -0.2) is 17.7 Å². The Balaban J connectivity index is 1.62. The molecule has 2 aromatic rings. The van der Waals surface area contributed by atoms with E-state index in [1.807, 2.05) is 0 Å². The molecule has 6 heteroatoms. The van der Waals surface area contributed by atoms with E-state index in [-0.39, 0.29) is 11.7 Å². The summed E-state index contributed by atoms with van der Waals surface area (Å²) < 4.78 is 12.9. The molecular weight excluding hydrogens is 307 g/mol. The van der Waals surface area contributed by atoms with Gasteiger partial charge in [0.05, 0.1) is 5.71 Å². The third-order valence-electron chi connectivity index (χ3n) is 3.25. The van der Waals surface area contributed by atoms with E-state index in [4.69, 9.17) is 16.4 Å². The largest absolute Gasteiger partial charge is 0.382 e. The van der Waals surface area contributed by atoms with Crippen LogP contribution in [0.5, 0.6) is 0 Å². The lowest BCUT2D eigenvalue weighted by Crippen LogP contribution is -2.28. The standard InChI is InChI=1S/C16H12ClFN2O2/c17-11-3-7-13(8-4-11)19-16(21)15-9-14(20-22-15)10-1-5-12(18)6-2-10/h1-8,15H,9H2,(H,19,21). The van der Waals surface area contributed by atoms with Gasteiger partial charge in [-0.15, -0.1) is 0 Å². The van der Waals surface area contributed by atoms with Crippen LogP contribution in [0.4, 0.5) is 10.1 Å². The average molecular weight is 319 g/mol. The number of hydrogen-bond donors (Lipinski definition) is 1. The maximum atomic E-state index is 12.9. The van der Waals surface area contributed by atoms with Crippen LogP contribution in [0.15, 0.2) is 53.7 Å². The zero-order chi connectivity index (χ0) is 15.5. The number of carbonyl (C=O) groups is 1. The Morgan fingerprint density at radius 2 is 1.86 bits per heavy atom. The summed E-state index contributed by atoms with van der Waals surface area (Å²) in [5.74, 6) is -0.608. The van der Waals surface area contributed by atoms with Crippen LogP contribution in [0.1, 0.15) is 12.0 Å². The Morgan fingerprint density at radius 1 is 1.18 bits per heavy atom. The average Bonchev–Trinajstić information content (AvgIpc) is 3.00. The lowest BCUT2D eigenvalue weighted by molar-refractivity contribution is -0.125. The number of amides is 1. The molecule has 0 bridgehead atoms. The fraction of sp³-hybridized carbons (Fsp3) is 0.125. The molecule has 22 heavy (non-hydrogen) atoms. The second-order valence-corrected chi connectivity index (χ2v) is 5.28. The van der Waals surface area contributed by atoms with Gasteiger partial charge in [0.25, 0.3) is 5.91 Å². The highest BCUT2D eigenvalue weighted by Gasteiger charge is 2.28. The summed E-state index contributed by atoms with van der Waals surface area (Å²) in [5, 5.41) is 7.24. The van der Waals surface area contributed by atoms with E-state index < -0.39 is 6.10 Å². The lowest BCUT2D eigenvalue weighted by Gasteiger charge is -2.09. The van der Waals surface area contributed by atoms with Crippen molar-refractivity contribution >= 4 is 28.9 Å². The molecule has 1 aliphatic heterocycles. The minimum absolute atomic E-state index is 0.289. The third-order valence-corrected chi connectivity index (χ3v) is 3.50. The fourth-order valence-corrected chi connectivity index (χ4v) is 2.21. The van der Waals surface area contributed by atoms with E-state index >= 15 is 0 Å². The Hall–Kier alpha value is -2.40. The molecule has 0 radical (unpaired) electrons. The molecule has 3 rings (SSSR count). The van der Waals surface area contributed by atoms with Crippen LogP contribution < -0.4 is 5.32 Å². The predicted molar refractivity (Wildman–Crippen MR) is 82.5 cm³/mol. The van der Waals surface area contributed by atoms with E-state index in [1.165, 1.54) is 12.1 Å². The molecule has 0 fully saturated rings. The minimum atomic E-state index is -0.698. The SMILES string of the molecule is O=C(Nc1ccc(Cl)cc1)C1CC(c2ccc(F)cc2)=NO1. The number of carbonyl (C=O) groups excluding carboxylic acids is 1. The van der Waals surface area contributed by atoms with Crippen LogP contribution in [0.25, 0.3) is 0 Å². The summed E-state index contributed by atoms with van der Waals surface area (Å²) in [6.07, 6.45) is -0.360. The van der Waals surface area contributed by atoms with Gasteiger partial charge in [-0.05, 0) is 42.0 Å². The van der Waals surface area contributed by atoms with Gasteiger partial charge in [0.15, 0.2) is 0 Å². The van der Waals surface area contributed by atoms with Crippen molar-refractivity contribution in [2.75, 3.05) is 5.32 Å². The summed E-state index contributed by atoms with van der Waals surface area (Å²) in [4.78, 5) is 17.3. The van der Waals surface area contributed by atoms with Gasteiger partial charge in [-0.2, -0.15) is 0 Å². The highest BCUT2D eigenvalue weighted by atomic mass is 35.5. The van der Waals surface area contributed by atoms with Gasteiger partial charge in [0, 0.05) is 17.1 Å². The monoisotopic (exact) mass is 318 g/mol. The van der Waals surface area contributed by atoms with Gasteiger partial charge >= 0.3 is 0 Å². The number of anilines is 1. The Bertz CT molecular complexity index is 714. The molecule has 0 spiro atoms. The normalized spacial score (nSPS) is 16.8. The molecule has 1 atom stereocenters. The molecule has 1 aliphatic rings. The Morgan fingerprint density at radius 3 is 2.55 bits per heavy atom. The van der Waals surface area contributed by atoms with Crippen LogP contribution in [0, 0.1) is 5.82 Å². The van der Waals surface area contributed by atoms with Crippen molar-refractivity contribution in [1.82, 2.24) is 0 Å². The first-order valence-electron chi connectivity index (χ1n) is 6.67. The highest BCUT2D eigenvalue weighted by molar-refractivity contribution is 6.30. The molecule has 1 N–H and O–H groups in total. The number of rotatable bonds is 3. The van der Waals surface area contributed by atoms with Gasteiger partial charge in [-0.1, -0.05) is 28.9 Å². The van der Waals surface area contributed by atoms with Crippen molar-refractivity contribution in [2.45, 2.75) is 12.5 Å². The molecular formula is C16H12ClFN2O2. The van der Waals surface area contributed by atoms with Gasteiger partial charge < -0.3 is 10.2 Å². The van der Waals surface area contributed by atoms with Crippen molar-refractivity contribution in [1.29, 1.82) is 0 Å². The number of hydrogen-bond acceptors (Lipinski definition) is 3. The molecule has 1 heterocycles. The molecule has 2 aromatic carbocycles. The highest BCUT2D eigenvalue weighted by Crippen LogP contribution is 2.19. The van der Waals surface area contributed by atoms with Gasteiger partial charge in [-0.3, -0.25) is 4.79 Å². The first-order valence-corrected chi connectivity index (χ1v) is 7.05. The maximum Gasteiger partial charge on any atom is 0.268 e. The molecule has 4 nitrogen and oxygen atoms in total. The molecule has 112 valence electrons. The van der Waals surface area contributed by atoms with Gasteiger partial charge in [-0.25, -0.2) is 4.39 Å². The molecule has 0 aliphatic carbocycles. The molecule has 0 saturated carbocycles. The van der Waals surface area contributed by atoms with Crippen molar-refractivity contribution in [3.05, 3.63) is 64.9 Å². The third kappa shape index (κ3) is 3.26. The summed E-state index contributed by atoms with van der Waals surface area (Å²) >= 11 is 5.79. The summed E-state index contributed by atoms with van der Waals surface area (Å²) in [7, 11) is 0. The van der Waals surface area contributed by atoms with Crippen LogP contribution in [0.3, 0.4) is 0 Å². The van der Waals surface area contributed by atoms with Crippen molar-refractivity contribution in [2.24, 2.45) is 5.16 Å². The topological polar surface area (TPSA) is 50.7 Å². The van der Waals surface area contributed by atoms with E-state index in [0.717, 1.165) is 5.56 Å². The van der Waals surface area contributed by atoms with Crippen LogP contribution in [-0.2, 0) is 9.63 Å². The van der Waals surface area contributed by atoms with Crippen molar-refractivity contribution in [3.63, 3.8) is 0 Å². The first-order chi connectivity index (χ1) is 10.6. The van der Waals surface area contributed by atoms with Crippen molar-refractivity contribution in [3.8, 4) is 0 Å². The van der Waals surface area contributed by atoms with Gasteiger partial charge in [0.2, 0.25) is 6.10 Å². The maximum absolute atomic E-state index is 12.9. The van der Waals surface area contributed by atoms with Crippen molar-refractivity contribution < 1.29 is 14.0 Å². The Labute approximate surface area is 131 Å². The fourth-order valence-electron chi connectivity index (χ4n) is 2.09. The number of nitrogens with one attached hydrogen (secondary N) is 1. The summed E-state index contributed by atoms with van der Waals surface area (Å²) in [6.45, 7) is 0. The summed E-state index contributed by atoms with van der Waals surface area (Å²) in [5.41, 5.74) is 1.99. The summed E-state index contributed by atoms with van der Waals surface area (Å²) in [6, 6.07) is 12.7. The molecule has 0 saturated heterocycles. The van der Waals surface area contributed by atoms with Crippen LogP contribution in [0.2, 0.25) is 5.02 Å². The lowest BCUT2D eigenvalue weighted by atomic mass is 10.0. The second kappa shape index (κ2) is 6.15.